The van der Waals surface area contributed by atoms with Crippen molar-refractivity contribution in [3.05, 3.63) is 66.7 Å². The summed E-state index contributed by atoms with van der Waals surface area (Å²) in [4.78, 5) is 57.7. The Balaban J connectivity index is 1.65. The highest BCUT2D eigenvalue weighted by Crippen LogP contribution is 2.32. The third-order valence-corrected chi connectivity index (χ3v) is 9.02. The van der Waals surface area contributed by atoms with E-state index in [0.29, 0.717) is 10.2 Å². The number of esters is 1. The van der Waals surface area contributed by atoms with Gasteiger partial charge in [0.15, 0.2) is 11.5 Å². The van der Waals surface area contributed by atoms with Crippen molar-refractivity contribution in [2.45, 2.75) is 57.1 Å². The van der Waals surface area contributed by atoms with Crippen molar-refractivity contribution in [2.75, 3.05) is 36.0 Å². The zero-order valence-corrected chi connectivity index (χ0v) is 31.5. The maximum absolute atomic E-state index is 13.5. The number of primary sulfonamides is 1. The first-order valence-corrected chi connectivity index (χ1v) is 18.4. The Morgan fingerprint density at radius 3 is 1.72 bits per heavy atom. The minimum absolute atomic E-state index is 0.0340. The SMILES string of the molecule is CC(C)(C)OC(=O)Oc1ccccc1N(CCN(CC(=O)Oc1ccc2nc(S(N)(=O)=O)sc2c1)c1ccccc1OC(=O)OC(C)(C)C)CC(=O)O. The number of carboxylic acids is 1. The molecule has 53 heavy (non-hydrogen) atoms. The van der Waals surface area contributed by atoms with Crippen LogP contribution in [-0.2, 0) is 29.1 Å². The van der Waals surface area contributed by atoms with E-state index in [4.69, 9.17) is 28.8 Å². The molecule has 0 aliphatic heterocycles. The van der Waals surface area contributed by atoms with E-state index in [2.05, 4.69) is 4.98 Å². The average Bonchev–Trinajstić information content (AvgIpc) is 3.45. The number of rotatable bonds is 13. The van der Waals surface area contributed by atoms with Crippen molar-refractivity contribution in [3.8, 4) is 17.2 Å². The van der Waals surface area contributed by atoms with Gasteiger partial charge in [-0.2, -0.15) is 0 Å². The Kier molecular flexibility index (Phi) is 12.5. The monoisotopic (exact) mass is 772 g/mol. The molecule has 0 radical (unpaired) electrons. The number of nitrogens with two attached hydrogens (primary N) is 1. The topological polar surface area (TPSA) is 214 Å². The number of benzene rings is 3. The Bertz CT molecular complexity index is 2090. The van der Waals surface area contributed by atoms with Crippen LogP contribution < -0.4 is 29.1 Å². The van der Waals surface area contributed by atoms with Gasteiger partial charge < -0.3 is 38.6 Å². The molecule has 0 amide bonds. The first-order valence-electron chi connectivity index (χ1n) is 16.0. The van der Waals surface area contributed by atoms with Crippen LogP contribution in [0.3, 0.4) is 0 Å². The summed E-state index contributed by atoms with van der Waals surface area (Å²) in [6.45, 7) is 8.94. The molecule has 0 saturated heterocycles. The van der Waals surface area contributed by atoms with E-state index < -0.39 is 58.6 Å². The highest BCUT2D eigenvalue weighted by Gasteiger charge is 2.26. The fraction of sp³-hybridized carbons (Fsp3) is 0.343. The first-order chi connectivity index (χ1) is 24.7. The lowest BCUT2D eigenvalue weighted by Crippen LogP contribution is -2.41. The van der Waals surface area contributed by atoms with Crippen molar-refractivity contribution < 1.29 is 56.4 Å². The Hall–Kier alpha value is -5.46. The minimum Gasteiger partial charge on any atom is -0.480 e. The maximum Gasteiger partial charge on any atom is 0.514 e. The number of anilines is 2. The quantitative estimate of drug-likeness (QED) is 0.0965. The molecule has 0 atom stereocenters. The van der Waals surface area contributed by atoms with Crippen molar-refractivity contribution in [1.82, 2.24) is 4.98 Å². The van der Waals surface area contributed by atoms with Gasteiger partial charge in [0.2, 0.25) is 4.34 Å². The predicted molar refractivity (Wildman–Crippen MR) is 195 cm³/mol. The number of fused-ring (bicyclic) bond motifs is 1. The number of carbonyl (C=O) groups is 4. The summed E-state index contributed by atoms with van der Waals surface area (Å²) < 4.78 is 50.9. The van der Waals surface area contributed by atoms with Gasteiger partial charge in [0, 0.05) is 19.2 Å². The molecule has 4 rings (SSSR count). The van der Waals surface area contributed by atoms with Crippen LogP contribution in [0.5, 0.6) is 17.2 Å². The van der Waals surface area contributed by atoms with Gasteiger partial charge in [-0.05, 0) is 77.9 Å². The van der Waals surface area contributed by atoms with Crippen molar-refractivity contribution in [3.63, 3.8) is 0 Å². The molecule has 0 unspecified atom stereocenters. The van der Waals surface area contributed by atoms with Crippen molar-refractivity contribution in [2.24, 2.45) is 5.14 Å². The van der Waals surface area contributed by atoms with Crippen LogP contribution in [0.15, 0.2) is 71.1 Å². The van der Waals surface area contributed by atoms with Gasteiger partial charge in [0.05, 0.1) is 21.6 Å². The summed E-state index contributed by atoms with van der Waals surface area (Å²) in [5.74, 6) is -1.81. The molecule has 284 valence electrons. The van der Waals surface area contributed by atoms with Crippen molar-refractivity contribution >= 4 is 67.2 Å². The molecule has 0 fully saturated rings. The highest BCUT2D eigenvalue weighted by molar-refractivity contribution is 7.91. The van der Waals surface area contributed by atoms with E-state index in [0.717, 1.165) is 11.3 Å². The van der Waals surface area contributed by atoms with Gasteiger partial charge >= 0.3 is 24.2 Å². The van der Waals surface area contributed by atoms with Gasteiger partial charge in [-0.25, -0.2) is 32.9 Å². The molecule has 16 nitrogen and oxygen atoms in total. The Labute approximate surface area is 310 Å². The van der Waals surface area contributed by atoms with Gasteiger partial charge in [-0.1, -0.05) is 24.3 Å². The highest BCUT2D eigenvalue weighted by atomic mass is 32.2. The van der Waals surface area contributed by atoms with Crippen LogP contribution in [0, 0.1) is 0 Å². The molecule has 0 aliphatic rings. The number of para-hydroxylation sites is 4. The summed E-state index contributed by atoms with van der Waals surface area (Å²) in [7, 11) is -4.05. The smallest absolute Gasteiger partial charge is 0.480 e. The normalized spacial score (nSPS) is 11.8. The lowest BCUT2D eigenvalue weighted by Gasteiger charge is -2.30. The number of nitrogens with zero attached hydrogens (tertiary/aromatic N) is 3. The second-order valence-corrected chi connectivity index (χ2v) is 16.2. The minimum atomic E-state index is -4.05. The molecule has 1 aromatic heterocycles. The van der Waals surface area contributed by atoms with E-state index in [1.54, 1.807) is 77.9 Å². The summed E-state index contributed by atoms with van der Waals surface area (Å²) in [6, 6.07) is 17.0. The number of aliphatic carboxylic acids is 1. The predicted octanol–water partition coefficient (Wildman–Crippen LogP) is 5.57. The zero-order valence-electron chi connectivity index (χ0n) is 29.9. The standard InChI is InChI=1S/C35H40N4O12S2/c1-34(2,3)50-32(43)48-26-13-9-7-11-24(26)38(20-29(40)41)17-18-39(25-12-8-10-14-27(25)49-33(44)51-35(4,5)6)21-30(42)47-22-15-16-23-28(19-22)52-31(37-23)53(36,45)46/h7-16,19H,17-18,20-21H2,1-6H3,(H,40,41)(H2,36,45,46). The lowest BCUT2D eigenvalue weighted by atomic mass is 10.2. The number of sulfonamides is 1. The molecular weight excluding hydrogens is 733 g/mol. The number of aromatic nitrogens is 1. The summed E-state index contributed by atoms with van der Waals surface area (Å²) in [5.41, 5.74) is -0.867. The number of carboxylic acid groups (broad SMARTS) is 1. The largest absolute Gasteiger partial charge is 0.514 e. The number of ether oxygens (including phenoxy) is 5. The van der Waals surface area contributed by atoms with Crippen molar-refractivity contribution in [1.29, 1.82) is 0 Å². The van der Waals surface area contributed by atoms with Crippen LogP contribution in [-0.4, -0.2) is 80.1 Å². The molecule has 0 saturated carbocycles. The fourth-order valence-electron chi connectivity index (χ4n) is 4.69. The van der Waals surface area contributed by atoms with Crippen LogP contribution in [0.1, 0.15) is 41.5 Å². The molecule has 0 aliphatic carbocycles. The van der Waals surface area contributed by atoms with E-state index in [9.17, 15) is 32.7 Å². The maximum atomic E-state index is 13.5. The van der Waals surface area contributed by atoms with Crippen LogP contribution >= 0.6 is 11.3 Å². The zero-order chi connectivity index (χ0) is 39.1. The van der Waals surface area contributed by atoms with E-state index in [-0.39, 0.29) is 46.1 Å². The number of hydrogen-bond donors (Lipinski definition) is 2. The Morgan fingerprint density at radius 1 is 0.755 bits per heavy atom. The van der Waals surface area contributed by atoms with E-state index in [1.807, 2.05) is 0 Å². The van der Waals surface area contributed by atoms with Crippen LogP contribution in [0.2, 0.25) is 0 Å². The summed E-state index contributed by atoms with van der Waals surface area (Å²) >= 11 is 0.810. The fourth-order valence-corrected chi connectivity index (χ4v) is 6.38. The van der Waals surface area contributed by atoms with E-state index in [1.165, 1.54) is 40.1 Å². The second-order valence-electron chi connectivity index (χ2n) is 13.4. The van der Waals surface area contributed by atoms with Gasteiger partial charge in [-0.3, -0.25) is 4.79 Å². The molecule has 4 aromatic rings. The van der Waals surface area contributed by atoms with Gasteiger partial charge in [0.25, 0.3) is 10.0 Å². The molecule has 0 spiro atoms. The van der Waals surface area contributed by atoms with E-state index >= 15 is 0 Å². The lowest BCUT2D eigenvalue weighted by molar-refractivity contribution is -0.135. The summed E-state index contributed by atoms with van der Waals surface area (Å²) in [6.07, 6.45) is -1.99. The summed E-state index contributed by atoms with van der Waals surface area (Å²) in [5, 5.41) is 15.1. The third kappa shape index (κ3) is 12.3. The Morgan fingerprint density at radius 2 is 1.25 bits per heavy atom. The van der Waals surface area contributed by atoms with Crippen LogP contribution in [0.25, 0.3) is 10.2 Å². The third-order valence-electron chi connectivity index (χ3n) is 6.68. The number of hydrogen-bond acceptors (Lipinski definition) is 15. The number of carbonyl (C=O) groups excluding carboxylic acids is 3. The average molecular weight is 773 g/mol. The van der Waals surface area contributed by atoms with Gasteiger partial charge in [0.1, 0.15) is 30.0 Å². The molecule has 3 aromatic carbocycles. The molecular formula is C35H40N4O12S2. The second kappa shape index (κ2) is 16.5. The molecule has 0 bridgehead atoms. The van der Waals surface area contributed by atoms with Crippen LogP contribution in [0.4, 0.5) is 21.0 Å². The molecule has 1 heterocycles. The first kappa shape index (κ1) is 40.3. The number of thiazole rings is 1. The molecule has 18 heteroatoms. The molecule has 3 N–H and O–H groups in total. The van der Waals surface area contributed by atoms with Gasteiger partial charge in [-0.15, -0.1) is 11.3 Å².